The van der Waals surface area contributed by atoms with E-state index in [2.05, 4.69) is 26.0 Å². The van der Waals surface area contributed by atoms with Gasteiger partial charge >= 0.3 is 0 Å². The zero-order valence-corrected chi connectivity index (χ0v) is 6.27. The van der Waals surface area contributed by atoms with Gasteiger partial charge in [0.15, 0.2) is 0 Å². The maximum absolute atomic E-state index is 5.44. The second-order valence-corrected chi connectivity index (χ2v) is 2.68. The summed E-state index contributed by atoms with van der Waals surface area (Å²) in [4.78, 5) is 0. The van der Waals surface area contributed by atoms with E-state index in [0.717, 1.165) is 17.6 Å². The highest BCUT2D eigenvalue weighted by atomic mass is 16.3. The van der Waals surface area contributed by atoms with Crippen LogP contribution in [0.2, 0.25) is 0 Å². The van der Waals surface area contributed by atoms with Crippen LogP contribution in [0.4, 0.5) is 0 Å². The molecule has 2 rings (SSSR count). The van der Waals surface area contributed by atoms with Gasteiger partial charge in [0.1, 0.15) is 11.2 Å². The zero-order valence-electron chi connectivity index (χ0n) is 6.27. The largest absolute Gasteiger partial charge is 0.457 e. The molecular weight excluding hydrogens is 124 g/mol. The van der Waals surface area contributed by atoms with Gasteiger partial charge in [-0.1, -0.05) is 6.92 Å². The van der Waals surface area contributed by atoms with E-state index in [0.29, 0.717) is 0 Å². The van der Waals surface area contributed by atoms with Gasteiger partial charge in [-0.3, -0.25) is 0 Å². The highest BCUT2D eigenvalue weighted by Gasteiger charge is 2.07. The van der Waals surface area contributed by atoms with Crippen molar-refractivity contribution in [2.24, 2.45) is 0 Å². The van der Waals surface area contributed by atoms with Crippen LogP contribution in [-0.4, -0.2) is 0 Å². The number of rotatable bonds is 1. The number of hydrogen-bond acceptors (Lipinski definition) is 1. The fraction of sp³-hybridized carbons (Fsp3) is 0.333. The minimum Gasteiger partial charge on any atom is -0.457 e. The van der Waals surface area contributed by atoms with Gasteiger partial charge < -0.3 is 4.42 Å². The number of furan rings is 2. The lowest BCUT2D eigenvalue weighted by Gasteiger charge is -1.90. The third-order valence-corrected chi connectivity index (χ3v) is 1.93. The molecule has 0 fully saturated rings. The fourth-order valence-electron chi connectivity index (χ4n) is 1.40. The van der Waals surface area contributed by atoms with Crippen molar-refractivity contribution in [2.45, 2.75) is 20.3 Å². The van der Waals surface area contributed by atoms with Gasteiger partial charge in [0.2, 0.25) is 0 Å². The van der Waals surface area contributed by atoms with E-state index in [4.69, 9.17) is 4.42 Å². The Morgan fingerprint density at radius 2 is 2.20 bits per heavy atom. The Morgan fingerprint density at radius 1 is 1.40 bits per heavy atom. The van der Waals surface area contributed by atoms with E-state index < -0.39 is 0 Å². The number of hydrogen-bond donors (Lipinski definition) is 0. The summed E-state index contributed by atoms with van der Waals surface area (Å²) in [5.41, 5.74) is 4.73. The third kappa shape index (κ3) is 0.576. The molecule has 0 atom stereocenters. The molecule has 52 valence electrons. The maximum atomic E-state index is 5.44. The lowest BCUT2D eigenvalue weighted by Crippen LogP contribution is -1.77. The summed E-state index contributed by atoms with van der Waals surface area (Å²) >= 11 is 0. The van der Waals surface area contributed by atoms with Crippen molar-refractivity contribution >= 4 is 11.2 Å². The van der Waals surface area contributed by atoms with E-state index in [9.17, 15) is 0 Å². The average Bonchev–Trinajstić information content (AvgIpc) is 2.44. The fourth-order valence-corrected chi connectivity index (χ4v) is 1.40. The molecule has 2 heterocycles. The molecule has 0 aliphatic heterocycles. The molecule has 0 saturated carbocycles. The van der Waals surface area contributed by atoms with Crippen LogP contribution in [0.3, 0.4) is 0 Å². The average molecular weight is 134 g/mol. The summed E-state index contributed by atoms with van der Waals surface area (Å²) in [6, 6.07) is 4.19. The van der Waals surface area contributed by atoms with Crippen molar-refractivity contribution < 1.29 is 4.42 Å². The Kier molecular flexibility index (Phi) is 1.01. The van der Waals surface area contributed by atoms with Crippen molar-refractivity contribution in [1.82, 2.24) is 0 Å². The summed E-state index contributed by atoms with van der Waals surface area (Å²) in [7, 11) is 0. The second kappa shape index (κ2) is 1.75. The van der Waals surface area contributed by atoms with Crippen molar-refractivity contribution in [3.8, 4) is 0 Å². The molecule has 0 spiro atoms. The Morgan fingerprint density at radius 3 is 2.60 bits per heavy atom. The van der Waals surface area contributed by atoms with Crippen molar-refractivity contribution in [2.75, 3.05) is 0 Å². The van der Waals surface area contributed by atoms with E-state index in [-0.39, 0.29) is 0 Å². The zero-order chi connectivity index (χ0) is 7.14. The smallest absolute Gasteiger partial charge is 0.133 e. The molecule has 2 aromatic heterocycles. The van der Waals surface area contributed by atoms with Crippen molar-refractivity contribution in [3.05, 3.63) is 23.3 Å². The van der Waals surface area contributed by atoms with Crippen LogP contribution < -0.4 is 0 Å². The molecule has 0 saturated heterocycles. The van der Waals surface area contributed by atoms with Gasteiger partial charge in [-0.05, 0) is 36.6 Å². The van der Waals surface area contributed by atoms with Crippen LogP contribution in [0.15, 0.2) is 16.5 Å². The lowest BCUT2D eigenvalue weighted by atomic mass is 10.1. The van der Waals surface area contributed by atoms with Gasteiger partial charge in [-0.25, -0.2) is 0 Å². The van der Waals surface area contributed by atoms with Crippen molar-refractivity contribution in [3.63, 3.8) is 0 Å². The Balaban J connectivity index is 2.74. The molecular formula is C9H10O. The van der Waals surface area contributed by atoms with E-state index in [1.807, 2.05) is 0 Å². The molecule has 0 aliphatic rings. The molecule has 0 unspecified atom stereocenters. The van der Waals surface area contributed by atoms with Gasteiger partial charge in [0.05, 0.1) is 0 Å². The van der Waals surface area contributed by atoms with Crippen LogP contribution in [0, 0.1) is 6.92 Å². The molecule has 2 aromatic rings. The Labute approximate surface area is 60.0 Å². The van der Waals surface area contributed by atoms with Crippen LogP contribution in [0.1, 0.15) is 18.1 Å². The van der Waals surface area contributed by atoms with Gasteiger partial charge in [-0.2, -0.15) is 0 Å². The van der Waals surface area contributed by atoms with Gasteiger partial charge in [-0.15, -0.1) is 0 Å². The monoisotopic (exact) mass is 134 g/mol. The molecule has 2 bridgehead atoms. The number of fused-ring (bicyclic) bond motifs is 2. The highest BCUT2D eigenvalue weighted by Crippen LogP contribution is 2.26. The molecule has 0 N–H and O–H groups in total. The molecule has 0 radical (unpaired) electrons. The lowest BCUT2D eigenvalue weighted by molar-refractivity contribution is 0.671. The normalized spacial score (nSPS) is 11.4. The van der Waals surface area contributed by atoms with Crippen LogP contribution in [0.5, 0.6) is 0 Å². The second-order valence-electron chi connectivity index (χ2n) is 2.68. The minimum absolute atomic E-state index is 1.02. The Hall–Kier alpha value is -0.980. The first-order valence-electron chi connectivity index (χ1n) is 3.62. The summed E-state index contributed by atoms with van der Waals surface area (Å²) in [5.74, 6) is 0. The summed E-state index contributed by atoms with van der Waals surface area (Å²) in [5, 5.41) is 0. The highest BCUT2D eigenvalue weighted by molar-refractivity contribution is 5.70. The van der Waals surface area contributed by atoms with Gasteiger partial charge in [0.25, 0.3) is 0 Å². The predicted octanol–water partition coefficient (Wildman–Crippen LogP) is 2.74. The standard InChI is InChI=1S/C9H10O/c1-3-7-5-8-4-6(2)9(7)10-8/h4-5H,3H2,1-2H3. The topological polar surface area (TPSA) is 13.1 Å². The van der Waals surface area contributed by atoms with E-state index in [1.54, 1.807) is 0 Å². The predicted molar refractivity (Wildman–Crippen MR) is 41.5 cm³/mol. The molecule has 1 nitrogen and oxygen atoms in total. The van der Waals surface area contributed by atoms with Crippen LogP contribution in [0.25, 0.3) is 11.2 Å². The first-order valence-corrected chi connectivity index (χ1v) is 3.62. The SMILES string of the molecule is CCc1cc2cc(C)c1o2. The molecule has 0 aromatic carbocycles. The van der Waals surface area contributed by atoms with Crippen molar-refractivity contribution in [1.29, 1.82) is 0 Å². The third-order valence-electron chi connectivity index (χ3n) is 1.93. The first-order chi connectivity index (χ1) is 4.81. The molecule has 0 amide bonds. The summed E-state index contributed by atoms with van der Waals surface area (Å²) in [6.45, 7) is 4.24. The quantitative estimate of drug-likeness (QED) is 0.584. The minimum atomic E-state index is 1.02. The van der Waals surface area contributed by atoms with Crippen LogP contribution in [-0.2, 0) is 6.42 Å². The summed E-state index contributed by atoms with van der Waals surface area (Å²) < 4.78 is 5.44. The number of benzene rings is 1. The van der Waals surface area contributed by atoms with Gasteiger partial charge in [0, 0.05) is 0 Å². The Bertz CT molecular complexity index is 332. The molecule has 0 aliphatic carbocycles. The molecule has 1 heteroatoms. The van der Waals surface area contributed by atoms with E-state index >= 15 is 0 Å². The van der Waals surface area contributed by atoms with Crippen LogP contribution >= 0.6 is 0 Å². The number of aryl methyl sites for hydroxylation is 2. The first kappa shape index (κ1) is 5.78. The summed E-state index contributed by atoms with van der Waals surface area (Å²) in [6.07, 6.45) is 1.07. The van der Waals surface area contributed by atoms with E-state index in [1.165, 1.54) is 11.1 Å². The maximum Gasteiger partial charge on any atom is 0.133 e. The molecule has 10 heavy (non-hydrogen) atoms.